The number of piperidine rings is 1. The summed E-state index contributed by atoms with van der Waals surface area (Å²) in [6, 6.07) is 13.7. The van der Waals surface area contributed by atoms with Crippen molar-refractivity contribution in [2.24, 2.45) is 0 Å². The van der Waals surface area contributed by atoms with Crippen LogP contribution in [0.25, 0.3) is 0 Å². The number of esters is 1. The van der Waals surface area contributed by atoms with E-state index in [1.54, 1.807) is 0 Å². The summed E-state index contributed by atoms with van der Waals surface area (Å²) >= 11 is 6.04. The number of nitrogens with two attached hydrogens (primary N) is 1. The molecule has 1 aliphatic rings. The lowest BCUT2D eigenvalue weighted by atomic mass is 10.0. The number of nitrogen functional groups attached to an aromatic ring is 1. The van der Waals surface area contributed by atoms with Gasteiger partial charge in [0, 0.05) is 62.5 Å². The first-order valence-electron chi connectivity index (χ1n) is 16.6. The van der Waals surface area contributed by atoms with Crippen LogP contribution >= 0.6 is 11.6 Å². The minimum Gasteiger partial charge on any atom is -0.496 e. The molecule has 0 spiro atoms. The van der Waals surface area contributed by atoms with Gasteiger partial charge in [-0.15, -0.1) is 0 Å². The molecule has 1 heterocycles. The van der Waals surface area contributed by atoms with E-state index in [0.29, 0.717) is 48.7 Å². The lowest BCUT2D eigenvalue weighted by Crippen LogP contribution is -2.45. The average Bonchev–Trinajstić information content (AvgIpc) is 3.12. The minimum absolute atomic E-state index is 0.120. The van der Waals surface area contributed by atoms with E-state index >= 15 is 0 Å². The van der Waals surface area contributed by atoms with E-state index in [4.69, 9.17) is 47.2 Å². The predicted molar refractivity (Wildman–Crippen MR) is 196 cm³/mol. The molecule has 1 fully saturated rings. The van der Waals surface area contributed by atoms with Gasteiger partial charge in [-0.1, -0.05) is 41.9 Å². The number of carboxylic acid groups (broad SMARTS) is 4. The number of rotatable bonds is 18. The van der Waals surface area contributed by atoms with Crippen LogP contribution in [0.3, 0.4) is 0 Å². The molecule has 0 radical (unpaired) electrons. The van der Waals surface area contributed by atoms with Gasteiger partial charge in [-0.2, -0.15) is 0 Å². The highest BCUT2D eigenvalue weighted by molar-refractivity contribution is 6.33. The maximum atomic E-state index is 12.4. The Labute approximate surface area is 312 Å². The summed E-state index contributed by atoms with van der Waals surface area (Å²) in [5, 5.41) is 38.1. The number of nitrogens with zero attached hydrogens (tertiary/aromatic N) is 1. The Morgan fingerprint density at radius 2 is 1.42 bits per heavy atom. The van der Waals surface area contributed by atoms with Crippen molar-refractivity contribution in [1.82, 2.24) is 15.5 Å². The zero-order chi connectivity index (χ0) is 39.6. The average molecular weight is 763 g/mol. The van der Waals surface area contributed by atoms with E-state index < -0.39 is 29.8 Å². The van der Waals surface area contributed by atoms with Gasteiger partial charge in [0.1, 0.15) is 17.9 Å². The van der Waals surface area contributed by atoms with E-state index in [1.807, 2.05) is 6.07 Å². The fourth-order valence-electron chi connectivity index (χ4n) is 4.69. The number of hydrogen-bond donors (Lipinski definition) is 7. The van der Waals surface area contributed by atoms with E-state index in [-0.39, 0.29) is 29.1 Å². The van der Waals surface area contributed by atoms with Crippen LogP contribution in [0.2, 0.25) is 5.02 Å². The molecule has 53 heavy (non-hydrogen) atoms. The highest BCUT2D eigenvalue weighted by Gasteiger charge is 2.21. The summed E-state index contributed by atoms with van der Waals surface area (Å²) in [6.07, 6.45) is 7.55. The van der Waals surface area contributed by atoms with Gasteiger partial charge >= 0.3 is 29.8 Å². The molecule has 17 heteroatoms. The highest BCUT2D eigenvalue weighted by atomic mass is 35.5. The molecule has 1 aliphatic heterocycles. The van der Waals surface area contributed by atoms with Gasteiger partial charge in [0.05, 0.1) is 17.8 Å². The van der Waals surface area contributed by atoms with Gasteiger partial charge in [0.15, 0.2) is 0 Å². The number of ether oxygens (including phenoxy) is 2. The maximum Gasteiger partial charge on any atom is 0.342 e. The molecule has 0 aromatic heterocycles. The monoisotopic (exact) mass is 762 g/mol. The summed E-state index contributed by atoms with van der Waals surface area (Å²) in [7, 11) is 1.47. The number of carbonyl (C=O) groups excluding carboxylic acids is 2. The van der Waals surface area contributed by atoms with E-state index in [1.165, 1.54) is 24.8 Å². The summed E-state index contributed by atoms with van der Waals surface area (Å²) < 4.78 is 10.6. The molecular formula is C36H47ClN4O12. The van der Waals surface area contributed by atoms with Crippen molar-refractivity contribution in [2.75, 3.05) is 52.2 Å². The second kappa shape index (κ2) is 26.3. The third-order valence-electron chi connectivity index (χ3n) is 7.29. The molecule has 0 unspecified atom stereocenters. The number of anilines is 1. The highest BCUT2D eigenvalue weighted by Crippen LogP contribution is 2.29. The first-order valence-corrected chi connectivity index (χ1v) is 16.9. The van der Waals surface area contributed by atoms with Crippen molar-refractivity contribution in [3.63, 3.8) is 0 Å². The molecule has 0 atom stereocenters. The van der Waals surface area contributed by atoms with Crippen LogP contribution in [0, 0.1) is 0 Å². The molecule has 3 rings (SSSR count). The summed E-state index contributed by atoms with van der Waals surface area (Å²) in [4.78, 5) is 65.2. The first-order chi connectivity index (χ1) is 25.2. The van der Waals surface area contributed by atoms with Crippen molar-refractivity contribution in [2.45, 2.75) is 44.6 Å². The van der Waals surface area contributed by atoms with E-state index in [9.17, 15) is 28.8 Å². The van der Waals surface area contributed by atoms with Crippen LogP contribution in [-0.2, 0) is 35.1 Å². The van der Waals surface area contributed by atoms with Gasteiger partial charge in [-0.05, 0) is 56.8 Å². The van der Waals surface area contributed by atoms with Crippen LogP contribution in [0.5, 0.6) is 5.75 Å². The SMILES string of the molecule is COc1cc(N)c(Cl)cc1C(=O)OCCN1CCC(NC(=O)CCCNCCCc2ccccc2)CC1.O=C(O)/C=C/C(=O)O.O=C(O)/C=C/C(=O)O. The normalized spacial score (nSPS) is 12.9. The Kier molecular flexibility index (Phi) is 22.7. The van der Waals surface area contributed by atoms with E-state index in [0.717, 1.165) is 58.3 Å². The maximum absolute atomic E-state index is 12.4. The Hall–Kier alpha value is -5.45. The number of methoxy groups -OCH3 is 1. The topological polar surface area (TPSA) is 255 Å². The number of hydrogen-bond acceptors (Lipinski definition) is 11. The second-order valence-corrected chi connectivity index (χ2v) is 11.8. The third-order valence-corrected chi connectivity index (χ3v) is 7.62. The van der Waals surface area contributed by atoms with Crippen molar-refractivity contribution >= 4 is 53.0 Å². The van der Waals surface area contributed by atoms with Gasteiger partial charge in [-0.25, -0.2) is 24.0 Å². The Morgan fingerprint density at radius 3 is 1.94 bits per heavy atom. The lowest BCUT2D eigenvalue weighted by molar-refractivity contribution is -0.134. The largest absolute Gasteiger partial charge is 0.496 e. The molecule has 0 saturated carbocycles. The summed E-state index contributed by atoms with van der Waals surface area (Å²) in [5.41, 5.74) is 7.73. The van der Waals surface area contributed by atoms with Crippen molar-refractivity contribution < 1.29 is 58.7 Å². The minimum atomic E-state index is -1.26. The smallest absolute Gasteiger partial charge is 0.342 e. The lowest BCUT2D eigenvalue weighted by Gasteiger charge is -2.32. The molecule has 2 aromatic carbocycles. The number of carboxylic acids is 4. The zero-order valence-electron chi connectivity index (χ0n) is 29.4. The van der Waals surface area contributed by atoms with Crippen LogP contribution in [-0.4, -0.2) is 114 Å². The number of nitrogens with one attached hydrogen (secondary N) is 2. The fraction of sp³-hybridized carbons (Fsp3) is 0.389. The Balaban J connectivity index is 0.000000728. The Bertz CT molecular complexity index is 1480. The number of amides is 1. The summed E-state index contributed by atoms with van der Waals surface area (Å²) in [5.74, 6) is -5.07. The number of aryl methyl sites for hydroxylation is 1. The Morgan fingerprint density at radius 1 is 0.868 bits per heavy atom. The van der Waals surface area contributed by atoms with Crippen molar-refractivity contribution in [3.8, 4) is 5.75 Å². The predicted octanol–water partition coefficient (Wildman–Crippen LogP) is 3.09. The standard InChI is InChI=1S/C28H39ClN4O4.2C4H4O4/c1-36-26-20-25(30)24(29)19-23(26)28(35)37-18-17-33-15-11-22(12-16-33)32-27(34)10-6-14-31-13-5-9-21-7-3-2-4-8-21;2*5-3(6)1-2-4(7)8/h2-4,7-8,19-20,22,31H,5-6,9-18,30H2,1H3,(H,32,34);2*1-2H,(H,5,6)(H,7,8)/b;2*2-1+. The number of halogens is 1. The molecule has 8 N–H and O–H groups in total. The van der Waals surface area contributed by atoms with Crippen LogP contribution in [0.1, 0.15) is 48.0 Å². The van der Waals surface area contributed by atoms with Crippen LogP contribution in [0.4, 0.5) is 5.69 Å². The molecule has 0 bridgehead atoms. The number of benzene rings is 2. The quantitative estimate of drug-likeness (QED) is 0.0499. The fourth-order valence-corrected chi connectivity index (χ4v) is 4.85. The van der Waals surface area contributed by atoms with Crippen LogP contribution in [0.15, 0.2) is 66.8 Å². The first kappa shape index (κ1) is 45.6. The zero-order valence-corrected chi connectivity index (χ0v) is 30.1. The van der Waals surface area contributed by atoms with Crippen molar-refractivity contribution in [1.29, 1.82) is 0 Å². The van der Waals surface area contributed by atoms with Crippen molar-refractivity contribution in [3.05, 3.63) is 82.9 Å². The second-order valence-electron chi connectivity index (χ2n) is 11.4. The van der Waals surface area contributed by atoms with Crippen LogP contribution < -0.4 is 21.1 Å². The van der Waals surface area contributed by atoms with Gasteiger partial charge in [0.25, 0.3) is 0 Å². The number of carbonyl (C=O) groups is 6. The van der Waals surface area contributed by atoms with Gasteiger partial charge in [-0.3, -0.25) is 9.69 Å². The molecule has 2 aromatic rings. The molecule has 0 aliphatic carbocycles. The molecule has 1 amide bonds. The molecule has 1 saturated heterocycles. The van der Waals surface area contributed by atoms with Gasteiger partial charge in [0.2, 0.25) is 5.91 Å². The summed E-state index contributed by atoms with van der Waals surface area (Å²) in [6.45, 7) is 4.41. The molecule has 16 nitrogen and oxygen atoms in total. The third kappa shape index (κ3) is 22.2. The van der Waals surface area contributed by atoms with Gasteiger partial charge < -0.3 is 46.3 Å². The molecule has 290 valence electrons. The molecular weight excluding hydrogens is 716 g/mol. The number of likely N-dealkylation sites (tertiary alicyclic amines) is 1. The van der Waals surface area contributed by atoms with E-state index in [2.05, 4.69) is 39.8 Å². The number of aliphatic carboxylic acids is 4.